The van der Waals surface area contributed by atoms with Crippen molar-refractivity contribution in [2.24, 2.45) is 0 Å². The lowest BCUT2D eigenvalue weighted by Gasteiger charge is -2.30. The summed E-state index contributed by atoms with van der Waals surface area (Å²) in [4.78, 5) is 42.0. The number of nitrogens with zero attached hydrogens (tertiary/aromatic N) is 2. The van der Waals surface area contributed by atoms with Crippen LogP contribution in [0.2, 0.25) is 10.0 Å². The Labute approximate surface area is 189 Å². The molecule has 1 aliphatic carbocycles. The van der Waals surface area contributed by atoms with Crippen molar-refractivity contribution in [1.82, 2.24) is 9.55 Å². The van der Waals surface area contributed by atoms with Crippen LogP contribution < -0.4 is 26.6 Å². The van der Waals surface area contributed by atoms with Crippen LogP contribution in [0.3, 0.4) is 0 Å². The number of nitrogens with one attached hydrogen (secondary N) is 1. The smallest absolute Gasteiger partial charge is 0.330 e. The minimum Gasteiger partial charge on any atom is -0.481 e. The highest BCUT2D eigenvalue weighted by Gasteiger charge is 2.33. The van der Waals surface area contributed by atoms with Crippen LogP contribution in [-0.4, -0.2) is 28.1 Å². The first-order valence-electron chi connectivity index (χ1n) is 10.4. The van der Waals surface area contributed by atoms with Crippen LogP contribution in [0, 0.1) is 0 Å². The number of nitrogen functional groups attached to an aromatic ring is 1. The number of anilines is 2. The highest BCUT2D eigenvalue weighted by molar-refractivity contribution is 6.37. The van der Waals surface area contributed by atoms with Gasteiger partial charge in [-0.1, -0.05) is 55.5 Å². The van der Waals surface area contributed by atoms with Gasteiger partial charge >= 0.3 is 5.69 Å². The number of benzene rings is 1. The molecule has 0 aliphatic heterocycles. The lowest BCUT2D eigenvalue weighted by atomic mass is 10.2. The van der Waals surface area contributed by atoms with Crippen molar-refractivity contribution in [1.29, 1.82) is 0 Å². The summed E-state index contributed by atoms with van der Waals surface area (Å²) < 4.78 is 6.92. The maximum absolute atomic E-state index is 13.3. The molecule has 1 aromatic heterocycles. The quantitative estimate of drug-likeness (QED) is 0.614. The number of halogens is 2. The van der Waals surface area contributed by atoms with Gasteiger partial charge in [-0.2, -0.15) is 0 Å². The molecule has 31 heavy (non-hydrogen) atoms. The van der Waals surface area contributed by atoms with Gasteiger partial charge in [0.1, 0.15) is 5.82 Å². The first-order chi connectivity index (χ1) is 14.8. The average Bonchev–Trinajstić information content (AvgIpc) is 3.24. The second-order valence-electron chi connectivity index (χ2n) is 7.54. The van der Waals surface area contributed by atoms with Crippen molar-refractivity contribution in [3.8, 4) is 5.75 Å². The summed E-state index contributed by atoms with van der Waals surface area (Å²) in [5.74, 6) is -0.278. The predicted molar refractivity (Wildman–Crippen MR) is 122 cm³/mol. The molecule has 2 aromatic rings. The van der Waals surface area contributed by atoms with Gasteiger partial charge in [0.15, 0.2) is 18.0 Å². The lowest BCUT2D eigenvalue weighted by molar-refractivity contribution is -0.121. The highest BCUT2D eigenvalue weighted by atomic mass is 35.5. The van der Waals surface area contributed by atoms with E-state index >= 15 is 0 Å². The summed E-state index contributed by atoms with van der Waals surface area (Å²) in [6, 6.07) is 4.67. The molecule has 0 bridgehead atoms. The largest absolute Gasteiger partial charge is 0.481 e. The SMILES string of the molecule is CCCCn1c(N)c(N(C(=O)COc2c(Cl)cccc2Cl)C2CCCC2)c(=O)[nH]c1=O. The Kier molecular flexibility index (Phi) is 7.67. The third kappa shape index (κ3) is 5.07. The molecule has 3 rings (SSSR count). The van der Waals surface area contributed by atoms with E-state index in [1.54, 1.807) is 18.2 Å². The average molecular weight is 469 g/mol. The molecule has 0 unspecified atom stereocenters. The number of aromatic amines is 1. The molecule has 1 heterocycles. The minimum absolute atomic E-state index is 0.0125. The molecule has 8 nitrogen and oxygen atoms in total. The highest BCUT2D eigenvalue weighted by Crippen LogP contribution is 2.33. The third-order valence-electron chi connectivity index (χ3n) is 5.41. The van der Waals surface area contributed by atoms with E-state index < -0.39 is 17.2 Å². The van der Waals surface area contributed by atoms with Crippen LogP contribution in [0.4, 0.5) is 11.5 Å². The van der Waals surface area contributed by atoms with E-state index in [1.807, 2.05) is 6.92 Å². The Morgan fingerprint density at radius 2 is 1.90 bits per heavy atom. The van der Waals surface area contributed by atoms with Gasteiger partial charge in [-0.3, -0.25) is 24.0 Å². The summed E-state index contributed by atoms with van der Waals surface area (Å²) in [7, 11) is 0. The molecule has 1 aromatic carbocycles. The number of nitrogens with two attached hydrogens (primary N) is 1. The van der Waals surface area contributed by atoms with Crippen LogP contribution in [0.25, 0.3) is 0 Å². The summed E-state index contributed by atoms with van der Waals surface area (Å²) in [5.41, 5.74) is 4.97. The normalized spacial score (nSPS) is 14.0. The molecular formula is C21H26Cl2N4O4. The number of carbonyl (C=O) groups is 1. The molecule has 1 saturated carbocycles. The molecule has 0 saturated heterocycles. The number of para-hydroxylation sites is 1. The van der Waals surface area contributed by atoms with Crippen molar-refractivity contribution in [2.75, 3.05) is 17.2 Å². The van der Waals surface area contributed by atoms with Gasteiger partial charge in [-0.25, -0.2) is 4.79 Å². The van der Waals surface area contributed by atoms with Crippen LogP contribution in [0.5, 0.6) is 5.75 Å². The van der Waals surface area contributed by atoms with E-state index in [2.05, 4.69) is 4.98 Å². The number of ether oxygens (including phenoxy) is 1. The second kappa shape index (κ2) is 10.2. The molecule has 0 atom stereocenters. The minimum atomic E-state index is -0.689. The van der Waals surface area contributed by atoms with Crippen molar-refractivity contribution in [3.63, 3.8) is 0 Å². The van der Waals surface area contributed by atoms with Crippen LogP contribution >= 0.6 is 23.2 Å². The maximum Gasteiger partial charge on any atom is 0.330 e. The topological polar surface area (TPSA) is 110 Å². The molecular weight excluding hydrogens is 443 g/mol. The Balaban J connectivity index is 1.97. The van der Waals surface area contributed by atoms with Crippen molar-refractivity contribution >= 4 is 40.6 Å². The maximum atomic E-state index is 13.3. The van der Waals surface area contributed by atoms with E-state index in [-0.39, 0.29) is 39.9 Å². The van der Waals surface area contributed by atoms with E-state index in [0.717, 1.165) is 32.1 Å². The molecule has 0 spiro atoms. The first-order valence-corrected chi connectivity index (χ1v) is 11.1. The Bertz CT molecular complexity index is 1040. The van der Waals surface area contributed by atoms with E-state index in [0.29, 0.717) is 13.0 Å². The van der Waals surface area contributed by atoms with Crippen LogP contribution in [0.1, 0.15) is 45.4 Å². The number of aromatic nitrogens is 2. The van der Waals surface area contributed by atoms with E-state index in [4.69, 9.17) is 33.7 Å². The van der Waals surface area contributed by atoms with Crippen LogP contribution in [-0.2, 0) is 11.3 Å². The van der Waals surface area contributed by atoms with Gasteiger partial charge < -0.3 is 10.5 Å². The first kappa shape index (κ1) is 23.2. The van der Waals surface area contributed by atoms with Crippen molar-refractivity contribution in [3.05, 3.63) is 49.1 Å². The molecule has 0 radical (unpaired) electrons. The van der Waals surface area contributed by atoms with E-state index in [1.165, 1.54) is 9.47 Å². The fraction of sp³-hybridized carbons (Fsp3) is 0.476. The zero-order chi connectivity index (χ0) is 22.5. The number of carbonyl (C=O) groups excluding carboxylic acids is 1. The molecule has 10 heteroatoms. The van der Waals surface area contributed by atoms with Gasteiger partial charge in [0.05, 0.1) is 10.0 Å². The molecule has 168 valence electrons. The third-order valence-corrected chi connectivity index (χ3v) is 6.00. The fourth-order valence-corrected chi connectivity index (χ4v) is 4.35. The van der Waals surface area contributed by atoms with Gasteiger partial charge in [0.2, 0.25) is 0 Å². The predicted octanol–water partition coefficient (Wildman–Crippen LogP) is 3.58. The zero-order valence-corrected chi connectivity index (χ0v) is 18.8. The summed E-state index contributed by atoms with van der Waals surface area (Å²) in [6.07, 6.45) is 4.87. The lowest BCUT2D eigenvalue weighted by Crippen LogP contribution is -2.47. The monoisotopic (exact) mass is 468 g/mol. The molecule has 3 N–H and O–H groups in total. The van der Waals surface area contributed by atoms with Gasteiger partial charge in [-0.15, -0.1) is 0 Å². The van der Waals surface area contributed by atoms with Gasteiger partial charge in [0.25, 0.3) is 11.5 Å². The zero-order valence-electron chi connectivity index (χ0n) is 17.3. The van der Waals surface area contributed by atoms with Gasteiger partial charge in [-0.05, 0) is 31.4 Å². The Morgan fingerprint density at radius 3 is 2.52 bits per heavy atom. The summed E-state index contributed by atoms with van der Waals surface area (Å²) in [5, 5.41) is 0.552. The second-order valence-corrected chi connectivity index (χ2v) is 8.35. The number of H-pyrrole nitrogens is 1. The summed E-state index contributed by atoms with van der Waals surface area (Å²) in [6.45, 7) is 1.95. The molecule has 1 amide bonds. The Morgan fingerprint density at radius 1 is 1.26 bits per heavy atom. The fourth-order valence-electron chi connectivity index (χ4n) is 3.85. The van der Waals surface area contributed by atoms with Gasteiger partial charge in [0, 0.05) is 12.6 Å². The number of unbranched alkanes of at least 4 members (excludes halogenated alkanes) is 1. The van der Waals surface area contributed by atoms with Crippen molar-refractivity contribution < 1.29 is 9.53 Å². The standard InChI is InChI=1S/C21H26Cl2N4O4/c1-2-3-11-26-19(24)17(20(29)25-21(26)30)27(13-7-4-5-8-13)16(28)12-31-18-14(22)9-6-10-15(18)23/h6,9-10,13H,2-5,7-8,11-12,24H2,1H3,(H,25,29,30). The Hall–Kier alpha value is -2.45. The molecule has 1 aliphatic rings. The number of hydrogen-bond acceptors (Lipinski definition) is 5. The van der Waals surface area contributed by atoms with Crippen LogP contribution in [0.15, 0.2) is 27.8 Å². The number of hydrogen-bond donors (Lipinski definition) is 2. The van der Waals surface area contributed by atoms with E-state index in [9.17, 15) is 14.4 Å². The number of rotatable bonds is 8. The molecule has 1 fully saturated rings. The summed E-state index contributed by atoms with van der Waals surface area (Å²) >= 11 is 12.3. The number of amides is 1. The van der Waals surface area contributed by atoms with Crippen molar-refractivity contribution in [2.45, 2.75) is 58.0 Å².